The molecule has 0 saturated carbocycles. The molecule has 0 saturated heterocycles. The Kier molecular flexibility index (Phi) is 10.6. The lowest BCUT2D eigenvalue weighted by atomic mass is 10.0. The van der Waals surface area contributed by atoms with Gasteiger partial charge in [-0.2, -0.15) is 0 Å². The van der Waals surface area contributed by atoms with E-state index in [1.54, 1.807) is 4.90 Å². The van der Waals surface area contributed by atoms with Gasteiger partial charge in [0.25, 0.3) is 5.91 Å². The lowest BCUT2D eigenvalue weighted by Crippen LogP contribution is -2.51. The number of aryl methyl sites for hydroxylation is 2. The van der Waals surface area contributed by atoms with Crippen LogP contribution in [0.1, 0.15) is 42.5 Å². The van der Waals surface area contributed by atoms with Crippen molar-refractivity contribution in [3.63, 3.8) is 0 Å². The second-order valence-electron chi connectivity index (χ2n) is 8.91. The number of hydrogen-bond acceptors (Lipinski definition) is 3. The first-order valence-electron chi connectivity index (χ1n) is 12.5. The standard InChI is InChI=1S/C30H35BrN2O3/c1-4-17-32-30(35)27(19-24-9-7-6-8-10-24)33(20-25-13-11-22(3)12-14-25)29(34)21-36-28-16-15-23(5-2)18-26(28)31/h6-16,18,27H,4-5,17,19-21H2,1-3H3,(H,32,35)/t27-/m0/s1. The Bertz CT molecular complexity index is 1130. The molecule has 0 spiro atoms. The summed E-state index contributed by atoms with van der Waals surface area (Å²) >= 11 is 3.55. The van der Waals surface area contributed by atoms with Gasteiger partial charge < -0.3 is 15.0 Å². The Balaban J connectivity index is 1.88. The summed E-state index contributed by atoms with van der Waals surface area (Å²) in [6.07, 6.45) is 2.15. The van der Waals surface area contributed by atoms with Gasteiger partial charge in [0.1, 0.15) is 11.8 Å². The molecular weight excluding hydrogens is 516 g/mol. The van der Waals surface area contributed by atoms with Gasteiger partial charge in [0, 0.05) is 19.5 Å². The van der Waals surface area contributed by atoms with E-state index < -0.39 is 6.04 Å². The number of hydrogen-bond donors (Lipinski definition) is 1. The minimum Gasteiger partial charge on any atom is -0.483 e. The third-order valence-electron chi connectivity index (χ3n) is 6.05. The van der Waals surface area contributed by atoms with Gasteiger partial charge >= 0.3 is 0 Å². The molecule has 3 rings (SSSR count). The van der Waals surface area contributed by atoms with Crippen LogP contribution in [-0.4, -0.2) is 35.9 Å². The molecule has 36 heavy (non-hydrogen) atoms. The molecule has 0 aliphatic rings. The van der Waals surface area contributed by atoms with Gasteiger partial charge in [0.05, 0.1) is 4.47 Å². The number of rotatable bonds is 12. The van der Waals surface area contributed by atoms with E-state index in [1.165, 1.54) is 5.56 Å². The zero-order valence-electron chi connectivity index (χ0n) is 21.3. The van der Waals surface area contributed by atoms with Gasteiger partial charge in [0.2, 0.25) is 5.91 Å². The summed E-state index contributed by atoms with van der Waals surface area (Å²) in [7, 11) is 0. The number of halogens is 1. The zero-order chi connectivity index (χ0) is 25.9. The first kappa shape index (κ1) is 27.5. The second kappa shape index (κ2) is 13.8. The molecule has 0 radical (unpaired) electrons. The molecule has 0 heterocycles. The van der Waals surface area contributed by atoms with Gasteiger partial charge in [-0.25, -0.2) is 0 Å². The molecule has 0 unspecified atom stereocenters. The second-order valence-corrected chi connectivity index (χ2v) is 9.77. The summed E-state index contributed by atoms with van der Waals surface area (Å²) < 4.78 is 6.73. The summed E-state index contributed by atoms with van der Waals surface area (Å²) in [4.78, 5) is 28.6. The highest BCUT2D eigenvalue weighted by Gasteiger charge is 2.30. The van der Waals surface area contributed by atoms with E-state index in [9.17, 15) is 9.59 Å². The third-order valence-corrected chi connectivity index (χ3v) is 6.67. The Morgan fingerprint density at radius 1 is 0.944 bits per heavy atom. The van der Waals surface area contributed by atoms with Gasteiger partial charge in [0.15, 0.2) is 6.61 Å². The van der Waals surface area contributed by atoms with E-state index in [0.29, 0.717) is 25.3 Å². The van der Waals surface area contributed by atoms with Crippen molar-refractivity contribution < 1.29 is 14.3 Å². The monoisotopic (exact) mass is 550 g/mol. The van der Waals surface area contributed by atoms with Crippen molar-refractivity contribution in [2.75, 3.05) is 13.2 Å². The van der Waals surface area contributed by atoms with E-state index in [1.807, 2.05) is 86.6 Å². The van der Waals surface area contributed by atoms with Crippen LogP contribution in [0.5, 0.6) is 5.75 Å². The normalized spacial score (nSPS) is 11.6. The summed E-state index contributed by atoms with van der Waals surface area (Å²) in [6.45, 7) is 6.84. The molecule has 0 aliphatic heterocycles. The fourth-order valence-corrected chi connectivity index (χ4v) is 4.45. The van der Waals surface area contributed by atoms with Gasteiger partial charge in [-0.3, -0.25) is 9.59 Å². The highest BCUT2D eigenvalue weighted by atomic mass is 79.9. The number of nitrogens with one attached hydrogen (secondary N) is 1. The number of carbonyl (C=O) groups is 2. The molecule has 2 amide bonds. The van der Waals surface area contributed by atoms with Crippen LogP contribution < -0.4 is 10.1 Å². The maximum atomic E-state index is 13.6. The average Bonchev–Trinajstić information content (AvgIpc) is 2.90. The minimum absolute atomic E-state index is 0.158. The topological polar surface area (TPSA) is 58.6 Å². The summed E-state index contributed by atoms with van der Waals surface area (Å²) in [5, 5.41) is 3.00. The molecule has 3 aromatic rings. The fourth-order valence-electron chi connectivity index (χ4n) is 3.91. The van der Waals surface area contributed by atoms with E-state index in [0.717, 1.165) is 34.0 Å². The largest absolute Gasteiger partial charge is 0.483 e. The van der Waals surface area contributed by atoms with E-state index >= 15 is 0 Å². The van der Waals surface area contributed by atoms with Crippen molar-refractivity contribution in [2.24, 2.45) is 0 Å². The lowest BCUT2D eigenvalue weighted by Gasteiger charge is -2.31. The molecule has 190 valence electrons. The van der Waals surface area contributed by atoms with Crippen molar-refractivity contribution in [1.29, 1.82) is 0 Å². The fraction of sp³-hybridized carbons (Fsp3) is 0.333. The molecule has 0 fully saturated rings. The lowest BCUT2D eigenvalue weighted by molar-refractivity contribution is -0.142. The molecule has 5 nitrogen and oxygen atoms in total. The van der Waals surface area contributed by atoms with Crippen molar-refractivity contribution in [3.05, 3.63) is 99.5 Å². The predicted octanol–water partition coefficient (Wildman–Crippen LogP) is 5.87. The van der Waals surface area contributed by atoms with Gasteiger partial charge in [-0.1, -0.05) is 80.1 Å². The number of nitrogens with zero attached hydrogens (tertiary/aromatic N) is 1. The Hall–Kier alpha value is -3.12. The van der Waals surface area contributed by atoms with Crippen LogP contribution in [0.4, 0.5) is 0 Å². The number of ether oxygens (including phenoxy) is 1. The summed E-state index contributed by atoms with van der Waals surface area (Å²) in [5.74, 6) is 0.204. The summed E-state index contributed by atoms with van der Waals surface area (Å²) in [5.41, 5.74) is 4.28. The molecular formula is C30H35BrN2O3. The van der Waals surface area contributed by atoms with Gasteiger partial charge in [-0.05, 0) is 64.5 Å². The maximum absolute atomic E-state index is 13.6. The minimum atomic E-state index is -0.665. The van der Waals surface area contributed by atoms with Crippen molar-refractivity contribution in [1.82, 2.24) is 10.2 Å². The maximum Gasteiger partial charge on any atom is 0.261 e. The summed E-state index contributed by atoms with van der Waals surface area (Å²) in [6, 6.07) is 23.0. The molecule has 3 aromatic carbocycles. The zero-order valence-corrected chi connectivity index (χ0v) is 22.9. The van der Waals surface area contributed by atoms with E-state index in [2.05, 4.69) is 28.2 Å². The Morgan fingerprint density at radius 3 is 2.28 bits per heavy atom. The van der Waals surface area contributed by atoms with Crippen LogP contribution in [0, 0.1) is 6.92 Å². The first-order chi connectivity index (χ1) is 17.4. The number of benzene rings is 3. The number of amides is 2. The van der Waals surface area contributed by atoms with Crippen LogP contribution in [0.3, 0.4) is 0 Å². The van der Waals surface area contributed by atoms with Crippen molar-refractivity contribution in [3.8, 4) is 5.75 Å². The van der Waals surface area contributed by atoms with Crippen LogP contribution in [0.25, 0.3) is 0 Å². The van der Waals surface area contributed by atoms with Crippen molar-refractivity contribution >= 4 is 27.7 Å². The Morgan fingerprint density at radius 2 is 1.64 bits per heavy atom. The molecule has 0 bridgehead atoms. The first-order valence-corrected chi connectivity index (χ1v) is 13.3. The molecule has 0 aliphatic carbocycles. The SMILES string of the molecule is CCCNC(=O)[C@H](Cc1ccccc1)N(Cc1ccc(C)cc1)C(=O)COc1ccc(CC)cc1Br. The highest BCUT2D eigenvalue weighted by molar-refractivity contribution is 9.10. The van der Waals surface area contributed by atoms with Crippen LogP contribution in [-0.2, 0) is 29.0 Å². The van der Waals surface area contributed by atoms with Crippen LogP contribution in [0.15, 0.2) is 77.3 Å². The van der Waals surface area contributed by atoms with Crippen molar-refractivity contribution in [2.45, 2.75) is 52.6 Å². The number of carbonyl (C=O) groups excluding carboxylic acids is 2. The molecule has 6 heteroatoms. The van der Waals surface area contributed by atoms with Crippen LogP contribution in [0.2, 0.25) is 0 Å². The molecule has 1 N–H and O–H groups in total. The highest BCUT2D eigenvalue weighted by Crippen LogP contribution is 2.26. The average molecular weight is 552 g/mol. The Labute approximate surface area is 223 Å². The predicted molar refractivity (Wildman–Crippen MR) is 148 cm³/mol. The smallest absolute Gasteiger partial charge is 0.261 e. The van der Waals surface area contributed by atoms with Crippen LogP contribution >= 0.6 is 15.9 Å². The third kappa shape index (κ3) is 7.95. The van der Waals surface area contributed by atoms with E-state index in [4.69, 9.17) is 4.74 Å². The molecule has 1 atom stereocenters. The van der Waals surface area contributed by atoms with Gasteiger partial charge in [-0.15, -0.1) is 0 Å². The quantitative estimate of drug-likeness (QED) is 0.307. The van der Waals surface area contributed by atoms with E-state index in [-0.39, 0.29) is 18.4 Å². The molecule has 0 aromatic heterocycles.